The van der Waals surface area contributed by atoms with Crippen LogP contribution in [0.4, 0.5) is 0 Å². The van der Waals surface area contributed by atoms with E-state index in [4.69, 9.17) is 16.3 Å². The molecule has 1 fully saturated rings. The molecule has 2 N–H and O–H groups in total. The molecule has 0 amide bonds. The number of aromatic nitrogens is 1. The van der Waals surface area contributed by atoms with Crippen molar-refractivity contribution in [1.29, 1.82) is 0 Å². The molecule has 0 saturated carbocycles. The monoisotopic (exact) mass is 526 g/mol. The highest BCUT2D eigenvalue weighted by Crippen LogP contribution is 2.35. The van der Waals surface area contributed by atoms with E-state index in [1.165, 1.54) is 11.3 Å². The van der Waals surface area contributed by atoms with Gasteiger partial charge in [0.15, 0.2) is 0 Å². The van der Waals surface area contributed by atoms with Crippen LogP contribution in [0.1, 0.15) is 48.6 Å². The minimum atomic E-state index is -0.768. The second-order valence-corrected chi connectivity index (χ2v) is 10.6. The van der Waals surface area contributed by atoms with Gasteiger partial charge in [-0.05, 0) is 85.3 Å². The van der Waals surface area contributed by atoms with Gasteiger partial charge in [0.1, 0.15) is 5.75 Å². The number of carbonyl (C=O) groups is 1. The maximum absolute atomic E-state index is 11.3. The number of halogens is 1. The fraction of sp³-hybridized carbons (Fsp3) is 0.429. The predicted molar refractivity (Wildman–Crippen MR) is 144 cm³/mol. The van der Waals surface area contributed by atoms with Crippen molar-refractivity contribution in [2.45, 2.75) is 38.2 Å². The van der Waals surface area contributed by atoms with E-state index in [0.717, 1.165) is 53.0 Å². The van der Waals surface area contributed by atoms with Crippen LogP contribution in [0.2, 0.25) is 5.02 Å². The SMILES string of the molecule is COc1ccc2nccc([C@@H](O)CCC3CCN(CC#Cc4sccc4Cl)CC3CCC(=O)O)c2c1. The number of hydrogen-bond donors (Lipinski definition) is 2. The zero-order valence-electron chi connectivity index (χ0n) is 20.3. The van der Waals surface area contributed by atoms with Crippen LogP contribution in [-0.2, 0) is 4.79 Å². The van der Waals surface area contributed by atoms with Gasteiger partial charge < -0.3 is 14.9 Å². The molecule has 8 heteroatoms. The smallest absolute Gasteiger partial charge is 0.303 e. The number of aliphatic hydroxyl groups excluding tert-OH is 1. The van der Waals surface area contributed by atoms with Crippen molar-refractivity contribution < 1.29 is 19.7 Å². The van der Waals surface area contributed by atoms with Gasteiger partial charge in [0, 0.05) is 24.5 Å². The summed E-state index contributed by atoms with van der Waals surface area (Å²) in [4.78, 5) is 18.9. The van der Waals surface area contributed by atoms with Crippen LogP contribution in [0.15, 0.2) is 41.9 Å². The third-order valence-electron chi connectivity index (χ3n) is 6.98. The van der Waals surface area contributed by atoms with Gasteiger partial charge in [-0.1, -0.05) is 23.4 Å². The summed E-state index contributed by atoms with van der Waals surface area (Å²) in [7, 11) is 1.63. The van der Waals surface area contributed by atoms with Gasteiger partial charge in [-0.25, -0.2) is 0 Å². The van der Waals surface area contributed by atoms with Crippen molar-refractivity contribution in [1.82, 2.24) is 9.88 Å². The molecular formula is C28H31ClN2O4S. The summed E-state index contributed by atoms with van der Waals surface area (Å²) in [6.45, 7) is 2.36. The maximum Gasteiger partial charge on any atom is 0.303 e. The highest BCUT2D eigenvalue weighted by molar-refractivity contribution is 7.11. The number of fused-ring (bicyclic) bond motifs is 1. The number of methoxy groups -OCH3 is 1. The van der Waals surface area contributed by atoms with Crippen molar-refractivity contribution in [3.8, 4) is 17.6 Å². The lowest BCUT2D eigenvalue weighted by Crippen LogP contribution is -2.41. The summed E-state index contributed by atoms with van der Waals surface area (Å²) >= 11 is 7.67. The van der Waals surface area contributed by atoms with Crippen LogP contribution >= 0.6 is 22.9 Å². The zero-order chi connectivity index (χ0) is 25.5. The van der Waals surface area contributed by atoms with Crippen LogP contribution in [0.25, 0.3) is 10.9 Å². The van der Waals surface area contributed by atoms with Gasteiger partial charge in [-0.15, -0.1) is 11.3 Å². The molecule has 3 atom stereocenters. The van der Waals surface area contributed by atoms with E-state index in [2.05, 4.69) is 21.7 Å². The molecule has 0 aliphatic carbocycles. The molecule has 1 aliphatic heterocycles. The van der Waals surface area contributed by atoms with Crippen LogP contribution in [0.5, 0.6) is 5.75 Å². The standard InChI is InChI=1S/C28H31ClN2O4S/c1-35-21-6-7-25-23(17-21)22(10-13-30-25)26(32)8-4-19-11-15-31(18-20(19)5-9-28(33)34)14-2-3-27-24(29)12-16-36-27/h6-7,10,12-13,16-17,19-20,26,32H,4-5,8-9,11,14-15,18H2,1H3,(H,33,34)/t19?,20?,26-/m0/s1. The van der Waals surface area contributed by atoms with Crippen LogP contribution in [0.3, 0.4) is 0 Å². The van der Waals surface area contributed by atoms with Gasteiger partial charge in [0.2, 0.25) is 0 Å². The summed E-state index contributed by atoms with van der Waals surface area (Å²) in [5.74, 6) is 6.95. The predicted octanol–water partition coefficient (Wildman–Crippen LogP) is 5.63. The van der Waals surface area contributed by atoms with Gasteiger partial charge in [-0.2, -0.15) is 0 Å². The first-order valence-electron chi connectivity index (χ1n) is 12.2. The molecule has 4 rings (SSSR count). The Bertz CT molecular complexity index is 1250. The summed E-state index contributed by atoms with van der Waals surface area (Å²) in [6, 6.07) is 9.40. The summed E-state index contributed by atoms with van der Waals surface area (Å²) in [5.41, 5.74) is 1.67. The zero-order valence-corrected chi connectivity index (χ0v) is 21.9. The maximum atomic E-state index is 11.3. The van der Waals surface area contributed by atoms with Crippen molar-refractivity contribution in [2.75, 3.05) is 26.7 Å². The number of benzene rings is 1. The van der Waals surface area contributed by atoms with Crippen LogP contribution in [0, 0.1) is 23.7 Å². The van der Waals surface area contributed by atoms with Gasteiger partial charge in [-0.3, -0.25) is 14.7 Å². The van der Waals surface area contributed by atoms with Crippen LogP contribution in [-0.4, -0.2) is 52.8 Å². The number of pyridine rings is 1. The van der Waals surface area contributed by atoms with E-state index in [9.17, 15) is 15.0 Å². The number of ether oxygens (including phenoxy) is 1. The molecule has 36 heavy (non-hydrogen) atoms. The number of rotatable bonds is 9. The second kappa shape index (κ2) is 12.6. The molecule has 190 valence electrons. The Morgan fingerprint density at radius 3 is 2.92 bits per heavy atom. The lowest BCUT2D eigenvalue weighted by molar-refractivity contribution is -0.137. The fourth-order valence-electron chi connectivity index (χ4n) is 5.02. The average molecular weight is 527 g/mol. The Morgan fingerprint density at radius 1 is 1.31 bits per heavy atom. The number of carboxylic acid groups (broad SMARTS) is 1. The Kier molecular flexibility index (Phi) is 9.22. The van der Waals surface area contributed by atoms with E-state index in [1.54, 1.807) is 13.3 Å². The van der Waals surface area contributed by atoms with Crippen molar-refractivity contribution in [2.24, 2.45) is 11.8 Å². The first-order valence-corrected chi connectivity index (χ1v) is 13.5. The lowest BCUT2D eigenvalue weighted by atomic mass is 9.79. The summed E-state index contributed by atoms with van der Waals surface area (Å²) in [6.07, 6.45) is 4.30. The summed E-state index contributed by atoms with van der Waals surface area (Å²) in [5, 5.41) is 23.9. The molecule has 3 heterocycles. The van der Waals surface area contributed by atoms with E-state index in [1.807, 2.05) is 35.7 Å². The minimum absolute atomic E-state index is 0.156. The largest absolute Gasteiger partial charge is 0.497 e. The number of carboxylic acids is 1. The first kappa shape index (κ1) is 26.4. The van der Waals surface area contributed by atoms with Gasteiger partial charge in [0.05, 0.1) is 35.2 Å². The molecule has 0 radical (unpaired) electrons. The highest BCUT2D eigenvalue weighted by atomic mass is 35.5. The van der Waals surface area contributed by atoms with Crippen molar-refractivity contribution in [3.05, 3.63) is 57.4 Å². The molecule has 1 aromatic carbocycles. The van der Waals surface area contributed by atoms with E-state index < -0.39 is 12.1 Å². The Labute approximate surface area is 220 Å². The molecule has 6 nitrogen and oxygen atoms in total. The van der Waals surface area contributed by atoms with Crippen LogP contribution < -0.4 is 4.74 Å². The van der Waals surface area contributed by atoms with E-state index in [0.29, 0.717) is 30.3 Å². The first-order chi connectivity index (χ1) is 17.4. The quantitative estimate of drug-likeness (QED) is 0.352. The molecule has 2 aromatic heterocycles. The number of likely N-dealkylation sites (tertiary alicyclic amines) is 1. The Morgan fingerprint density at radius 2 is 2.17 bits per heavy atom. The fourth-order valence-corrected chi connectivity index (χ4v) is 5.99. The van der Waals surface area contributed by atoms with Gasteiger partial charge >= 0.3 is 5.97 Å². The molecule has 0 spiro atoms. The number of thiophene rings is 1. The molecular weight excluding hydrogens is 496 g/mol. The lowest BCUT2D eigenvalue weighted by Gasteiger charge is -2.38. The minimum Gasteiger partial charge on any atom is -0.497 e. The van der Waals surface area contributed by atoms with E-state index >= 15 is 0 Å². The third kappa shape index (κ3) is 6.77. The van der Waals surface area contributed by atoms with Gasteiger partial charge in [0.25, 0.3) is 0 Å². The van der Waals surface area contributed by atoms with Crippen molar-refractivity contribution in [3.63, 3.8) is 0 Å². The number of aliphatic hydroxyl groups is 1. The normalized spacial score (nSPS) is 19.0. The third-order valence-corrected chi connectivity index (χ3v) is 8.24. The number of piperidine rings is 1. The molecule has 3 aromatic rings. The Balaban J connectivity index is 1.40. The molecule has 1 aliphatic rings. The highest BCUT2D eigenvalue weighted by Gasteiger charge is 2.30. The van der Waals surface area contributed by atoms with Crippen molar-refractivity contribution >= 4 is 39.8 Å². The Hall–Kier alpha value is -2.63. The topological polar surface area (TPSA) is 82.9 Å². The number of hydrogen-bond acceptors (Lipinski definition) is 6. The molecule has 1 saturated heterocycles. The summed E-state index contributed by atoms with van der Waals surface area (Å²) < 4.78 is 5.36. The number of nitrogens with zero attached hydrogens (tertiary/aromatic N) is 2. The number of aliphatic carboxylic acids is 1. The average Bonchev–Trinajstić information content (AvgIpc) is 3.30. The van der Waals surface area contributed by atoms with E-state index in [-0.39, 0.29) is 12.3 Å². The molecule has 0 bridgehead atoms. The second-order valence-electron chi connectivity index (χ2n) is 9.25. The molecule has 2 unspecified atom stereocenters.